The third-order valence-corrected chi connectivity index (χ3v) is 5.73. The highest BCUT2D eigenvalue weighted by atomic mass is 35.5. The molecular weight excluding hydrogens is 338 g/mol. The summed E-state index contributed by atoms with van der Waals surface area (Å²) in [5, 5.41) is 9.85. The molecule has 1 atom stereocenters. The molecule has 0 bridgehead atoms. The molecule has 2 aromatic rings. The zero-order valence-corrected chi connectivity index (χ0v) is 15.3. The zero-order chi connectivity index (χ0) is 17.2. The van der Waals surface area contributed by atoms with E-state index in [2.05, 4.69) is 14.8 Å². The minimum atomic E-state index is 0.478. The molecule has 2 aliphatic heterocycles. The minimum Gasteiger partial charge on any atom is -0.496 e. The Morgan fingerprint density at radius 1 is 1.16 bits per heavy atom. The highest BCUT2D eigenvalue weighted by Crippen LogP contribution is 2.40. The van der Waals surface area contributed by atoms with Crippen LogP contribution in [-0.2, 0) is 11.3 Å². The van der Waals surface area contributed by atoms with Crippen LogP contribution in [0.5, 0.6) is 5.75 Å². The molecule has 0 amide bonds. The molecule has 5 nitrogen and oxygen atoms in total. The average Bonchev–Trinajstić information content (AvgIpc) is 2.94. The topological polar surface area (TPSA) is 49.2 Å². The summed E-state index contributed by atoms with van der Waals surface area (Å²) in [5.74, 6) is 3.90. The van der Waals surface area contributed by atoms with Crippen molar-refractivity contribution in [2.75, 3.05) is 20.3 Å². The highest BCUT2D eigenvalue weighted by molar-refractivity contribution is 6.30. The van der Waals surface area contributed by atoms with E-state index >= 15 is 0 Å². The molecule has 1 unspecified atom stereocenters. The van der Waals surface area contributed by atoms with Gasteiger partial charge in [-0.15, -0.1) is 10.2 Å². The summed E-state index contributed by atoms with van der Waals surface area (Å²) in [6, 6.07) is 5.70. The van der Waals surface area contributed by atoms with Crippen molar-refractivity contribution in [1.82, 2.24) is 14.8 Å². The second-order valence-electron chi connectivity index (χ2n) is 6.93. The molecule has 1 aromatic heterocycles. The lowest BCUT2D eigenvalue weighted by molar-refractivity contribution is 0.0556. The number of hydrogen-bond donors (Lipinski definition) is 0. The zero-order valence-electron chi connectivity index (χ0n) is 14.6. The molecule has 0 radical (unpaired) electrons. The quantitative estimate of drug-likeness (QED) is 0.817. The van der Waals surface area contributed by atoms with E-state index in [1.165, 1.54) is 12.8 Å². The Labute approximate surface area is 153 Å². The molecule has 0 aliphatic carbocycles. The smallest absolute Gasteiger partial charge is 0.167 e. The van der Waals surface area contributed by atoms with E-state index in [0.717, 1.165) is 62.0 Å². The van der Waals surface area contributed by atoms with Crippen LogP contribution in [0.4, 0.5) is 0 Å². The summed E-state index contributed by atoms with van der Waals surface area (Å²) >= 11 is 6.12. The number of fused-ring (bicyclic) bond motifs is 1. The van der Waals surface area contributed by atoms with Gasteiger partial charge in [0.25, 0.3) is 0 Å². The monoisotopic (exact) mass is 361 g/mol. The lowest BCUT2D eigenvalue weighted by Crippen LogP contribution is -2.23. The van der Waals surface area contributed by atoms with E-state index in [4.69, 9.17) is 21.1 Å². The van der Waals surface area contributed by atoms with Crippen LogP contribution in [0.2, 0.25) is 5.02 Å². The van der Waals surface area contributed by atoms with Gasteiger partial charge in [0, 0.05) is 30.7 Å². The Morgan fingerprint density at radius 2 is 2.00 bits per heavy atom. The largest absolute Gasteiger partial charge is 0.496 e. The van der Waals surface area contributed by atoms with Gasteiger partial charge in [-0.2, -0.15) is 0 Å². The molecule has 0 spiro atoms. The maximum atomic E-state index is 6.12. The fourth-order valence-corrected chi connectivity index (χ4v) is 4.35. The van der Waals surface area contributed by atoms with Crippen LogP contribution in [0.15, 0.2) is 18.2 Å². The van der Waals surface area contributed by atoms with Gasteiger partial charge in [0.2, 0.25) is 0 Å². The van der Waals surface area contributed by atoms with Crippen molar-refractivity contribution in [1.29, 1.82) is 0 Å². The highest BCUT2D eigenvalue weighted by Gasteiger charge is 2.32. The second-order valence-corrected chi connectivity index (χ2v) is 7.37. The van der Waals surface area contributed by atoms with E-state index in [9.17, 15) is 0 Å². The van der Waals surface area contributed by atoms with E-state index < -0.39 is 0 Å². The number of nitrogens with zero attached hydrogens (tertiary/aromatic N) is 3. The molecule has 1 aromatic carbocycles. The molecule has 4 rings (SSSR count). The molecule has 134 valence electrons. The first-order valence-corrected chi connectivity index (χ1v) is 9.50. The van der Waals surface area contributed by atoms with Crippen LogP contribution in [0, 0.1) is 5.92 Å². The molecule has 1 saturated heterocycles. The van der Waals surface area contributed by atoms with Crippen LogP contribution in [0.1, 0.15) is 43.8 Å². The average molecular weight is 362 g/mol. The Hall–Kier alpha value is -1.59. The summed E-state index contributed by atoms with van der Waals surface area (Å²) in [6.07, 6.45) is 5.84. The first-order chi connectivity index (χ1) is 12.3. The number of halogens is 1. The Balaban J connectivity index is 1.74. The van der Waals surface area contributed by atoms with Gasteiger partial charge in [-0.1, -0.05) is 18.0 Å². The summed E-state index contributed by atoms with van der Waals surface area (Å²) in [5.41, 5.74) is 0.957. The van der Waals surface area contributed by atoms with Gasteiger partial charge in [-0.05, 0) is 49.8 Å². The molecule has 6 heteroatoms. The van der Waals surface area contributed by atoms with Crippen molar-refractivity contribution in [2.45, 2.75) is 44.6 Å². The normalized spacial score (nSPS) is 21.6. The van der Waals surface area contributed by atoms with E-state index in [-0.39, 0.29) is 0 Å². The Kier molecular flexibility index (Phi) is 4.95. The third-order valence-electron chi connectivity index (χ3n) is 5.50. The number of aromatic nitrogens is 3. The number of rotatable bonds is 3. The maximum absolute atomic E-state index is 6.12. The fourth-order valence-electron chi connectivity index (χ4n) is 4.19. The number of ether oxygens (including phenoxy) is 2. The Bertz CT molecular complexity index is 740. The fraction of sp³-hybridized carbons (Fsp3) is 0.579. The van der Waals surface area contributed by atoms with Crippen molar-refractivity contribution >= 4 is 11.6 Å². The van der Waals surface area contributed by atoms with Crippen LogP contribution < -0.4 is 4.74 Å². The number of benzene rings is 1. The molecule has 1 fully saturated rings. The SMILES string of the molecule is COc1cc(Cl)ccc1-c1nnc2n1CCCCC2C1CCOCC1. The van der Waals surface area contributed by atoms with Crippen LogP contribution in [-0.4, -0.2) is 35.1 Å². The van der Waals surface area contributed by atoms with Gasteiger partial charge >= 0.3 is 0 Å². The summed E-state index contributed by atoms with van der Waals surface area (Å²) in [6.45, 7) is 2.70. The van der Waals surface area contributed by atoms with Crippen molar-refractivity contribution in [3.63, 3.8) is 0 Å². The third kappa shape index (κ3) is 3.27. The molecule has 25 heavy (non-hydrogen) atoms. The molecule has 2 aliphatic rings. The molecular formula is C19H24ClN3O2. The lowest BCUT2D eigenvalue weighted by Gasteiger charge is -2.29. The second kappa shape index (κ2) is 7.34. The first kappa shape index (κ1) is 16.9. The van der Waals surface area contributed by atoms with Crippen LogP contribution in [0.25, 0.3) is 11.4 Å². The summed E-state index contributed by atoms with van der Waals surface area (Å²) in [7, 11) is 1.67. The molecule has 0 saturated carbocycles. The van der Waals surface area contributed by atoms with Gasteiger partial charge in [0.15, 0.2) is 5.82 Å². The van der Waals surface area contributed by atoms with Crippen LogP contribution >= 0.6 is 11.6 Å². The number of methoxy groups -OCH3 is 1. The van der Waals surface area contributed by atoms with Crippen molar-refractivity contribution in [2.24, 2.45) is 5.92 Å². The van der Waals surface area contributed by atoms with Gasteiger partial charge in [-0.3, -0.25) is 0 Å². The summed E-state index contributed by atoms with van der Waals surface area (Å²) < 4.78 is 13.4. The lowest BCUT2D eigenvalue weighted by atomic mass is 9.82. The predicted octanol–water partition coefficient (Wildman–Crippen LogP) is 4.30. The molecule has 3 heterocycles. The minimum absolute atomic E-state index is 0.478. The standard InChI is InChI=1S/C19H24ClN3O2/c1-24-17-12-14(20)5-6-16(17)19-22-21-18-15(4-2-3-9-23(18)19)13-7-10-25-11-8-13/h5-6,12-13,15H,2-4,7-11H2,1H3. The first-order valence-electron chi connectivity index (χ1n) is 9.12. The molecule has 0 N–H and O–H groups in total. The van der Waals surface area contributed by atoms with Crippen LogP contribution in [0.3, 0.4) is 0 Å². The van der Waals surface area contributed by atoms with Crippen molar-refractivity contribution in [3.8, 4) is 17.1 Å². The predicted molar refractivity (Wildman–Crippen MR) is 97.2 cm³/mol. The van der Waals surface area contributed by atoms with E-state index in [1.54, 1.807) is 7.11 Å². The van der Waals surface area contributed by atoms with Gasteiger partial charge in [-0.25, -0.2) is 0 Å². The van der Waals surface area contributed by atoms with Crippen molar-refractivity contribution in [3.05, 3.63) is 29.0 Å². The number of hydrogen-bond acceptors (Lipinski definition) is 4. The van der Waals surface area contributed by atoms with Gasteiger partial charge in [0.1, 0.15) is 11.6 Å². The van der Waals surface area contributed by atoms with Crippen molar-refractivity contribution < 1.29 is 9.47 Å². The Morgan fingerprint density at radius 3 is 2.80 bits per heavy atom. The van der Waals surface area contributed by atoms with Gasteiger partial charge < -0.3 is 14.0 Å². The summed E-state index contributed by atoms with van der Waals surface area (Å²) in [4.78, 5) is 0. The van der Waals surface area contributed by atoms with Gasteiger partial charge in [0.05, 0.1) is 12.7 Å². The van der Waals surface area contributed by atoms with E-state index in [1.807, 2.05) is 18.2 Å². The van der Waals surface area contributed by atoms with E-state index in [0.29, 0.717) is 16.9 Å². The maximum Gasteiger partial charge on any atom is 0.167 e.